The van der Waals surface area contributed by atoms with Crippen molar-refractivity contribution < 1.29 is 24.2 Å². The van der Waals surface area contributed by atoms with Gasteiger partial charge in [-0.05, 0) is 65.8 Å². The van der Waals surface area contributed by atoms with Crippen LogP contribution in [0.2, 0.25) is 0 Å². The molecule has 2 aromatic rings. The van der Waals surface area contributed by atoms with Crippen molar-refractivity contribution in [1.29, 1.82) is 0 Å². The molecule has 0 unspecified atom stereocenters. The zero-order chi connectivity index (χ0) is 20.8. The summed E-state index contributed by atoms with van der Waals surface area (Å²) in [4.78, 5) is 23.1. The van der Waals surface area contributed by atoms with Crippen molar-refractivity contribution in [3.63, 3.8) is 0 Å². The van der Waals surface area contributed by atoms with Crippen LogP contribution in [-0.4, -0.2) is 37.4 Å². The van der Waals surface area contributed by atoms with E-state index in [-0.39, 0.29) is 11.9 Å². The highest BCUT2D eigenvalue weighted by Gasteiger charge is 2.21. The van der Waals surface area contributed by atoms with E-state index in [4.69, 9.17) is 9.47 Å². The van der Waals surface area contributed by atoms with Crippen LogP contribution >= 0.6 is 0 Å². The number of carbonyl (C=O) groups excluding carboxylic acids is 2. The Bertz CT molecular complexity index is 859. The van der Waals surface area contributed by atoms with Crippen molar-refractivity contribution in [1.82, 2.24) is 0 Å². The van der Waals surface area contributed by atoms with Gasteiger partial charge < -0.3 is 14.6 Å². The first kappa shape index (κ1) is 20.6. The average Bonchev–Trinajstić information content (AvgIpc) is 2.76. The molecule has 1 fully saturated rings. The van der Waals surface area contributed by atoms with E-state index in [2.05, 4.69) is 0 Å². The number of hydrogen-bond acceptors (Lipinski definition) is 5. The first-order valence-electron chi connectivity index (χ1n) is 9.47. The Labute approximate surface area is 170 Å². The number of methoxy groups -OCH3 is 2. The third kappa shape index (κ3) is 5.00. The third-order valence-corrected chi connectivity index (χ3v) is 5.00. The molecule has 0 spiro atoms. The van der Waals surface area contributed by atoms with Gasteiger partial charge in [0.2, 0.25) is 0 Å². The standard InChI is InChI=1S/C24H24O5/c1-28-23(26)18-10-6-16(7-11-18)14-20-4-3-5-21(22(20)25)15-17-8-12-19(13-9-17)24(27)29-2/h6-15,22,25H,3-5H2,1-2H3. The Morgan fingerprint density at radius 1 is 0.793 bits per heavy atom. The molecule has 5 nitrogen and oxygen atoms in total. The largest absolute Gasteiger partial charge is 0.465 e. The maximum atomic E-state index is 11.5. The minimum atomic E-state index is -0.649. The highest BCUT2D eigenvalue weighted by Crippen LogP contribution is 2.31. The van der Waals surface area contributed by atoms with Gasteiger partial charge >= 0.3 is 11.9 Å². The molecular weight excluding hydrogens is 368 g/mol. The zero-order valence-corrected chi connectivity index (χ0v) is 16.6. The molecule has 0 bridgehead atoms. The van der Waals surface area contributed by atoms with Gasteiger partial charge in [0.05, 0.1) is 31.5 Å². The lowest BCUT2D eigenvalue weighted by molar-refractivity contribution is 0.0592. The fourth-order valence-electron chi connectivity index (χ4n) is 3.41. The van der Waals surface area contributed by atoms with Gasteiger partial charge in [-0.25, -0.2) is 9.59 Å². The number of rotatable bonds is 4. The zero-order valence-electron chi connectivity index (χ0n) is 16.6. The summed E-state index contributed by atoms with van der Waals surface area (Å²) in [6.45, 7) is 0. The molecule has 29 heavy (non-hydrogen) atoms. The van der Waals surface area contributed by atoms with E-state index in [0.29, 0.717) is 11.1 Å². The Kier molecular flexibility index (Phi) is 6.62. The molecule has 150 valence electrons. The lowest BCUT2D eigenvalue weighted by atomic mass is 9.85. The summed E-state index contributed by atoms with van der Waals surface area (Å²) >= 11 is 0. The fraction of sp³-hybridized carbons (Fsp3) is 0.250. The number of esters is 2. The molecule has 0 radical (unpaired) electrons. The third-order valence-electron chi connectivity index (χ3n) is 5.00. The van der Waals surface area contributed by atoms with Crippen molar-refractivity contribution in [2.75, 3.05) is 14.2 Å². The number of ether oxygens (including phenoxy) is 2. The predicted molar refractivity (Wildman–Crippen MR) is 111 cm³/mol. The van der Waals surface area contributed by atoms with Crippen molar-refractivity contribution in [3.8, 4) is 0 Å². The minimum Gasteiger partial charge on any atom is -0.465 e. The first-order valence-corrected chi connectivity index (χ1v) is 9.47. The second kappa shape index (κ2) is 9.34. The molecule has 0 heterocycles. The van der Waals surface area contributed by atoms with Gasteiger partial charge in [-0.1, -0.05) is 36.4 Å². The summed E-state index contributed by atoms with van der Waals surface area (Å²) in [7, 11) is 2.71. The topological polar surface area (TPSA) is 72.8 Å². The average molecular weight is 392 g/mol. The van der Waals surface area contributed by atoms with Gasteiger partial charge in [-0.15, -0.1) is 0 Å². The second-order valence-corrected chi connectivity index (χ2v) is 6.92. The van der Waals surface area contributed by atoms with Crippen LogP contribution in [0.3, 0.4) is 0 Å². The predicted octanol–water partition coefficient (Wildman–Crippen LogP) is 4.27. The maximum Gasteiger partial charge on any atom is 0.337 e. The van der Waals surface area contributed by atoms with Crippen LogP contribution in [0, 0.1) is 0 Å². The Balaban J connectivity index is 1.78. The lowest BCUT2D eigenvalue weighted by Gasteiger charge is -2.24. The second-order valence-electron chi connectivity index (χ2n) is 6.92. The molecule has 1 saturated carbocycles. The van der Waals surface area contributed by atoms with Gasteiger partial charge in [-0.2, -0.15) is 0 Å². The SMILES string of the molecule is COC(=O)c1ccc(C=C2CCCC(=Cc3ccc(C(=O)OC)cc3)C2O)cc1. The van der Waals surface area contributed by atoms with Crippen LogP contribution in [-0.2, 0) is 9.47 Å². The van der Waals surface area contributed by atoms with Gasteiger partial charge in [-0.3, -0.25) is 0 Å². The van der Waals surface area contributed by atoms with Crippen LogP contribution in [0.4, 0.5) is 0 Å². The molecule has 0 atom stereocenters. The number of aliphatic hydroxyl groups is 1. The molecule has 2 aromatic carbocycles. The van der Waals surface area contributed by atoms with E-state index in [0.717, 1.165) is 41.5 Å². The van der Waals surface area contributed by atoms with E-state index in [1.807, 2.05) is 36.4 Å². The summed E-state index contributed by atoms with van der Waals surface area (Å²) < 4.78 is 9.43. The van der Waals surface area contributed by atoms with E-state index < -0.39 is 6.10 Å². The molecule has 0 amide bonds. The molecule has 0 saturated heterocycles. The van der Waals surface area contributed by atoms with Gasteiger partial charge in [0, 0.05) is 0 Å². The van der Waals surface area contributed by atoms with Crippen molar-refractivity contribution in [2.45, 2.75) is 25.4 Å². The van der Waals surface area contributed by atoms with Crippen LogP contribution in [0.15, 0.2) is 59.7 Å². The lowest BCUT2D eigenvalue weighted by Crippen LogP contribution is -2.18. The van der Waals surface area contributed by atoms with Crippen molar-refractivity contribution in [3.05, 3.63) is 81.9 Å². The highest BCUT2D eigenvalue weighted by atomic mass is 16.5. The summed E-state index contributed by atoms with van der Waals surface area (Å²) in [5.41, 5.74) is 4.73. The van der Waals surface area contributed by atoms with E-state index in [1.54, 1.807) is 24.3 Å². The van der Waals surface area contributed by atoms with Crippen molar-refractivity contribution >= 4 is 24.1 Å². The quantitative estimate of drug-likeness (QED) is 0.787. The normalized spacial score (nSPS) is 19.2. The molecule has 5 heteroatoms. The molecule has 0 aromatic heterocycles. The maximum absolute atomic E-state index is 11.5. The highest BCUT2D eigenvalue weighted by molar-refractivity contribution is 5.90. The van der Waals surface area contributed by atoms with Gasteiger partial charge in [0.15, 0.2) is 0 Å². The fourth-order valence-corrected chi connectivity index (χ4v) is 3.41. The van der Waals surface area contributed by atoms with E-state index >= 15 is 0 Å². The number of aliphatic hydroxyl groups excluding tert-OH is 1. The molecule has 1 aliphatic rings. The van der Waals surface area contributed by atoms with E-state index in [9.17, 15) is 14.7 Å². The smallest absolute Gasteiger partial charge is 0.337 e. The molecule has 1 aliphatic carbocycles. The number of carbonyl (C=O) groups is 2. The minimum absolute atomic E-state index is 0.370. The van der Waals surface area contributed by atoms with Crippen LogP contribution in [0.1, 0.15) is 51.1 Å². The Morgan fingerprint density at radius 3 is 1.52 bits per heavy atom. The molecule has 1 N–H and O–H groups in total. The van der Waals surface area contributed by atoms with Gasteiger partial charge in [0.25, 0.3) is 0 Å². The Morgan fingerprint density at radius 2 is 1.17 bits per heavy atom. The molecular formula is C24H24O5. The summed E-state index contributed by atoms with van der Waals surface area (Å²) in [5, 5.41) is 10.8. The molecule has 0 aliphatic heterocycles. The summed E-state index contributed by atoms with van der Waals surface area (Å²) in [6.07, 6.45) is 5.88. The van der Waals surface area contributed by atoms with Crippen LogP contribution < -0.4 is 0 Å². The van der Waals surface area contributed by atoms with Crippen LogP contribution in [0.5, 0.6) is 0 Å². The van der Waals surface area contributed by atoms with Crippen molar-refractivity contribution in [2.24, 2.45) is 0 Å². The number of benzene rings is 2. The molecule has 3 rings (SSSR count). The van der Waals surface area contributed by atoms with Crippen LogP contribution in [0.25, 0.3) is 12.2 Å². The summed E-state index contributed by atoms with van der Waals surface area (Å²) in [5.74, 6) is -0.740. The Hall–Kier alpha value is -3.18. The number of hydrogen-bond donors (Lipinski definition) is 1. The van der Waals surface area contributed by atoms with Gasteiger partial charge in [0.1, 0.15) is 0 Å². The summed E-state index contributed by atoms with van der Waals surface area (Å²) in [6, 6.07) is 14.2. The first-order chi connectivity index (χ1) is 14.0. The monoisotopic (exact) mass is 392 g/mol. The van der Waals surface area contributed by atoms with E-state index in [1.165, 1.54) is 14.2 Å².